The second-order valence-corrected chi connectivity index (χ2v) is 6.43. The summed E-state index contributed by atoms with van der Waals surface area (Å²) in [4.78, 5) is 31.2. The Balaban J connectivity index is 1.58. The first kappa shape index (κ1) is 15.6. The maximum atomic E-state index is 12.8. The van der Waals surface area contributed by atoms with Crippen molar-refractivity contribution >= 4 is 23.3 Å². The highest BCUT2D eigenvalue weighted by atomic mass is 16.2. The van der Waals surface area contributed by atoms with Crippen molar-refractivity contribution in [3.63, 3.8) is 0 Å². The van der Waals surface area contributed by atoms with Gasteiger partial charge in [-0.2, -0.15) is 0 Å². The van der Waals surface area contributed by atoms with Gasteiger partial charge in [-0.15, -0.1) is 0 Å². The standard InChI is InChI=1S/C19H20N4O2/c24-18-16-11-14(7-6-13(16)12-21-18)22-19(25)15-5-4-8-20-17(15)23-9-2-1-3-10-23/h4-8,11H,1-3,9-10,12H2,(H,21,24)(H,22,25). The number of rotatable bonds is 3. The molecule has 25 heavy (non-hydrogen) atoms. The summed E-state index contributed by atoms with van der Waals surface area (Å²) in [5.41, 5.74) is 2.77. The predicted octanol–water partition coefficient (Wildman–Crippen LogP) is 2.57. The monoisotopic (exact) mass is 336 g/mol. The first-order valence-electron chi connectivity index (χ1n) is 8.65. The number of nitrogens with zero attached hydrogens (tertiary/aromatic N) is 2. The quantitative estimate of drug-likeness (QED) is 0.903. The van der Waals surface area contributed by atoms with E-state index in [-0.39, 0.29) is 11.8 Å². The van der Waals surface area contributed by atoms with Crippen LogP contribution in [0.5, 0.6) is 0 Å². The van der Waals surface area contributed by atoms with E-state index in [0.717, 1.165) is 37.3 Å². The second kappa shape index (κ2) is 6.55. The highest BCUT2D eigenvalue weighted by molar-refractivity contribution is 6.08. The fraction of sp³-hybridized carbons (Fsp3) is 0.316. The van der Waals surface area contributed by atoms with Gasteiger partial charge in [-0.25, -0.2) is 4.98 Å². The number of carbonyl (C=O) groups excluding carboxylic acids is 2. The van der Waals surface area contributed by atoms with Crippen LogP contribution in [0.15, 0.2) is 36.5 Å². The molecule has 0 saturated carbocycles. The first-order valence-corrected chi connectivity index (χ1v) is 8.65. The molecule has 2 amide bonds. The molecule has 0 radical (unpaired) electrons. The number of hydrogen-bond donors (Lipinski definition) is 2. The largest absolute Gasteiger partial charge is 0.356 e. The molecule has 0 atom stereocenters. The molecule has 1 aromatic carbocycles. The van der Waals surface area contributed by atoms with Crippen molar-refractivity contribution in [1.29, 1.82) is 0 Å². The van der Waals surface area contributed by atoms with Crippen LogP contribution in [0.3, 0.4) is 0 Å². The summed E-state index contributed by atoms with van der Waals surface area (Å²) in [6.07, 6.45) is 5.19. The Morgan fingerprint density at radius 3 is 2.84 bits per heavy atom. The fourth-order valence-electron chi connectivity index (χ4n) is 3.42. The van der Waals surface area contributed by atoms with Crippen LogP contribution >= 0.6 is 0 Å². The van der Waals surface area contributed by atoms with Crippen molar-refractivity contribution in [2.75, 3.05) is 23.3 Å². The van der Waals surface area contributed by atoms with E-state index < -0.39 is 0 Å². The van der Waals surface area contributed by atoms with Crippen LogP contribution in [0.1, 0.15) is 45.5 Å². The Morgan fingerprint density at radius 2 is 2.00 bits per heavy atom. The third kappa shape index (κ3) is 3.07. The predicted molar refractivity (Wildman–Crippen MR) is 95.9 cm³/mol. The molecule has 2 N–H and O–H groups in total. The second-order valence-electron chi connectivity index (χ2n) is 6.43. The summed E-state index contributed by atoms with van der Waals surface area (Å²) in [5.74, 6) is 0.437. The third-order valence-corrected chi connectivity index (χ3v) is 4.74. The van der Waals surface area contributed by atoms with Crippen LogP contribution in [0.4, 0.5) is 11.5 Å². The topological polar surface area (TPSA) is 74.3 Å². The molecule has 4 rings (SSSR count). The molecule has 0 bridgehead atoms. The maximum absolute atomic E-state index is 12.8. The molecule has 0 spiro atoms. The molecular weight excluding hydrogens is 316 g/mol. The van der Waals surface area contributed by atoms with Crippen LogP contribution in [0.2, 0.25) is 0 Å². The number of carbonyl (C=O) groups is 2. The Labute approximate surface area is 146 Å². The van der Waals surface area contributed by atoms with Crippen LogP contribution in [-0.4, -0.2) is 29.9 Å². The van der Waals surface area contributed by atoms with Crippen molar-refractivity contribution in [3.8, 4) is 0 Å². The van der Waals surface area contributed by atoms with E-state index >= 15 is 0 Å². The van der Waals surface area contributed by atoms with Crippen molar-refractivity contribution in [3.05, 3.63) is 53.2 Å². The molecule has 2 aliphatic heterocycles. The Morgan fingerprint density at radius 1 is 1.16 bits per heavy atom. The highest BCUT2D eigenvalue weighted by Gasteiger charge is 2.22. The summed E-state index contributed by atoms with van der Waals surface area (Å²) < 4.78 is 0. The number of anilines is 2. The number of benzene rings is 1. The van der Waals surface area contributed by atoms with Crippen molar-refractivity contribution in [1.82, 2.24) is 10.3 Å². The number of aromatic nitrogens is 1. The zero-order valence-electron chi connectivity index (χ0n) is 13.9. The van der Waals surface area contributed by atoms with E-state index in [1.165, 1.54) is 6.42 Å². The van der Waals surface area contributed by atoms with Gasteiger partial charge in [0.1, 0.15) is 5.82 Å². The van der Waals surface area contributed by atoms with Gasteiger partial charge in [0, 0.05) is 37.1 Å². The van der Waals surface area contributed by atoms with Crippen LogP contribution in [0.25, 0.3) is 0 Å². The summed E-state index contributed by atoms with van der Waals surface area (Å²) >= 11 is 0. The number of piperidine rings is 1. The molecule has 1 aromatic heterocycles. The van der Waals surface area contributed by atoms with Gasteiger partial charge < -0.3 is 15.5 Å². The van der Waals surface area contributed by atoms with Crippen LogP contribution in [-0.2, 0) is 6.54 Å². The molecule has 6 heteroatoms. The molecule has 6 nitrogen and oxygen atoms in total. The average molecular weight is 336 g/mol. The van der Waals surface area contributed by atoms with Gasteiger partial charge in [-0.3, -0.25) is 9.59 Å². The summed E-state index contributed by atoms with van der Waals surface area (Å²) in [7, 11) is 0. The average Bonchev–Trinajstić information content (AvgIpc) is 3.03. The van der Waals surface area contributed by atoms with E-state index in [0.29, 0.717) is 23.4 Å². The molecule has 0 unspecified atom stereocenters. The molecule has 3 heterocycles. The van der Waals surface area contributed by atoms with Gasteiger partial charge in [0.25, 0.3) is 11.8 Å². The van der Waals surface area contributed by atoms with Gasteiger partial charge in [0.05, 0.1) is 5.56 Å². The number of pyridine rings is 1. The van der Waals surface area contributed by atoms with E-state index in [2.05, 4.69) is 20.5 Å². The lowest BCUT2D eigenvalue weighted by molar-refractivity contribution is 0.0964. The van der Waals surface area contributed by atoms with E-state index in [9.17, 15) is 9.59 Å². The van der Waals surface area contributed by atoms with Gasteiger partial charge >= 0.3 is 0 Å². The lowest BCUT2D eigenvalue weighted by atomic mass is 10.1. The molecule has 0 aliphatic carbocycles. The Bertz CT molecular complexity index is 828. The molecule has 1 fully saturated rings. The zero-order valence-corrected chi connectivity index (χ0v) is 13.9. The Kier molecular flexibility index (Phi) is 4.09. The lowest BCUT2D eigenvalue weighted by Crippen LogP contribution is -2.32. The molecule has 1 saturated heterocycles. The SMILES string of the molecule is O=C1NCc2ccc(NC(=O)c3cccnc3N3CCCCC3)cc21. The number of fused-ring (bicyclic) bond motifs is 1. The minimum Gasteiger partial charge on any atom is -0.356 e. The minimum absolute atomic E-state index is 0.0958. The summed E-state index contributed by atoms with van der Waals surface area (Å²) in [6, 6.07) is 9.00. The first-order chi connectivity index (χ1) is 12.2. The van der Waals surface area contributed by atoms with Crippen LogP contribution < -0.4 is 15.5 Å². The highest BCUT2D eigenvalue weighted by Crippen LogP contribution is 2.24. The van der Waals surface area contributed by atoms with Gasteiger partial charge in [-0.1, -0.05) is 6.07 Å². The summed E-state index contributed by atoms with van der Waals surface area (Å²) in [5, 5.41) is 5.68. The number of amides is 2. The molecule has 2 aromatic rings. The molecule has 128 valence electrons. The van der Waals surface area contributed by atoms with E-state index in [4.69, 9.17) is 0 Å². The fourth-order valence-corrected chi connectivity index (χ4v) is 3.42. The third-order valence-electron chi connectivity index (χ3n) is 4.74. The molecule has 2 aliphatic rings. The normalized spacial score (nSPS) is 16.3. The lowest BCUT2D eigenvalue weighted by Gasteiger charge is -2.29. The summed E-state index contributed by atoms with van der Waals surface area (Å²) in [6.45, 7) is 2.40. The maximum Gasteiger partial charge on any atom is 0.259 e. The van der Waals surface area contributed by atoms with E-state index in [1.807, 2.05) is 12.1 Å². The smallest absolute Gasteiger partial charge is 0.259 e. The zero-order chi connectivity index (χ0) is 17.2. The number of hydrogen-bond acceptors (Lipinski definition) is 4. The van der Waals surface area contributed by atoms with Crippen molar-refractivity contribution in [2.45, 2.75) is 25.8 Å². The van der Waals surface area contributed by atoms with E-state index in [1.54, 1.807) is 24.4 Å². The van der Waals surface area contributed by atoms with Gasteiger partial charge in [0.15, 0.2) is 0 Å². The van der Waals surface area contributed by atoms with Crippen molar-refractivity contribution in [2.24, 2.45) is 0 Å². The van der Waals surface area contributed by atoms with Gasteiger partial charge in [0.2, 0.25) is 0 Å². The molecular formula is C19H20N4O2. The Hall–Kier alpha value is -2.89. The number of nitrogens with one attached hydrogen (secondary N) is 2. The van der Waals surface area contributed by atoms with Crippen LogP contribution in [0, 0.1) is 0 Å². The van der Waals surface area contributed by atoms with Gasteiger partial charge in [-0.05, 0) is 49.1 Å². The minimum atomic E-state index is -0.202. The van der Waals surface area contributed by atoms with Crippen molar-refractivity contribution < 1.29 is 9.59 Å².